The van der Waals surface area contributed by atoms with Crippen LogP contribution in [0.3, 0.4) is 0 Å². The lowest BCUT2D eigenvalue weighted by atomic mass is 10.0. The van der Waals surface area contributed by atoms with E-state index in [9.17, 15) is 36.4 Å². The third-order valence-corrected chi connectivity index (χ3v) is 13.0. The lowest BCUT2D eigenvalue weighted by Gasteiger charge is -2.29. The van der Waals surface area contributed by atoms with Crippen LogP contribution in [0.4, 0.5) is 8.78 Å². The van der Waals surface area contributed by atoms with Crippen LogP contribution in [0.25, 0.3) is 21.7 Å². The Hall–Kier alpha value is -5.45. The summed E-state index contributed by atoms with van der Waals surface area (Å²) in [7, 11) is -4.07. The van der Waals surface area contributed by atoms with Crippen molar-refractivity contribution in [1.82, 2.24) is 30.4 Å². The molecule has 6 atom stereocenters. The number of allylic oxidation sites excluding steroid dienone is 1. The molecule has 3 N–H and O–H groups in total. The fourth-order valence-corrected chi connectivity index (χ4v) is 8.65. The summed E-state index contributed by atoms with van der Waals surface area (Å²) in [4.78, 5) is 62.0. The molecule has 2 aromatic carbocycles. The van der Waals surface area contributed by atoms with Gasteiger partial charge in [-0.15, -0.1) is 0 Å². The van der Waals surface area contributed by atoms with E-state index in [1.807, 2.05) is 12.2 Å². The van der Waals surface area contributed by atoms with Gasteiger partial charge in [-0.3, -0.25) is 23.9 Å². The van der Waals surface area contributed by atoms with Gasteiger partial charge in [-0.05, 0) is 81.7 Å². The average Bonchev–Trinajstić information content (AvgIpc) is 3.44. The van der Waals surface area contributed by atoms with Gasteiger partial charge >= 0.3 is 0 Å². The van der Waals surface area contributed by atoms with Gasteiger partial charge in [-0.2, -0.15) is 0 Å². The highest BCUT2D eigenvalue weighted by Gasteiger charge is 2.61. The number of pyridine rings is 1. The number of aryl methyl sites for hydroxylation is 1. The second-order valence-electron chi connectivity index (χ2n) is 15.1. The predicted molar refractivity (Wildman–Crippen MR) is 204 cm³/mol. The number of fused-ring (bicyclic) bond motifs is 5. The van der Waals surface area contributed by atoms with Gasteiger partial charge in [0.15, 0.2) is 0 Å². The summed E-state index contributed by atoms with van der Waals surface area (Å²) < 4.78 is 68.6. The molecular weight excluding hydrogens is 763 g/mol. The molecule has 2 fully saturated rings. The predicted octanol–water partition coefficient (Wildman–Crippen LogP) is 4.75. The Bertz CT molecular complexity index is 2390. The maximum absolute atomic E-state index is 14.6. The van der Waals surface area contributed by atoms with Gasteiger partial charge in [-0.1, -0.05) is 37.1 Å². The highest BCUT2D eigenvalue weighted by molar-refractivity contribution is 7.90. The van der Waals surface area contributed by atoms with Gasteiger partial charge in [0.25, 0.3) is 11.8 Å². The quantitative estimate of drug-likeness (QED) is 0.166. The first-order chi connectivity index (χ1) is 27.2. The number of hydrogen-bond acceptors (Lipinski definition) is 10. The van der Waals surface area contributed by atoms with E-state index < -0.39 is 80.2 Å². The number of rotatable bonds is 8. The molecule has 2 aliphatic heterocycles. The van der Waals surface area contributed by atoms with E-state index >= 15 is 0 Å². The third kappa shape index (κ3) is 8.20. The van der Waals surface area contributed by atoms with Gasteiger partial charge in [0.2, 0.25) is 33.5 Å². The van der Waals surface area contributed by atoms with Crippen molar-refractivity contribution in [1.29, 1.82) is 0 Å². The number of halogens is 2. The summed E-state index contributed by atoms with van der Waals surface area (Å²) in [6.07, 6.45) is 5.95. The Labute approximate surface area is 327 Å². The van der Waals surface area contributed by atoms with Crippen molar-refractivity contribution in [2.75, 3.05) is 6.54 Å². The highest BCUT2D eigenvalue weighted by Crippen LogP contribution is 2.46. The van der Waals surface area contributed by atoms with Crippen LogP contribution in [0.15, 0.2) is 59.1 Å². The van der Waals surface area contributed by atoms with E-state index in [1.54, 1.807) is 13.8 Å². The van der Waals surface area contributed by atoms with E-state index in [1.165, 1.54) is 54.3 Å². The Balaban J connectivity index is 1.24. The van der Waals surface area contributed by atoms with Gasteiger partial charge in [0.1, 0.15) is 35.4 Å². The fourth-order valence-electron chi connectivity index (χ4n) is 7.57. The molecule has 0 spiro atoms. The minimum Gasteiger partial charge on any atom is -0.472 e. The lowest BCUT2D eigenvalue weighted by molar-refractivity contribution is -0.141. The van der Waals surface area contributed by atoms with Gasteiger partial charge in [0, 0.05) is 35.2 Å². The van der Waals surface area contributed by atoms with E-state index in [-0.39, 0.29) is 49.4 Å². The van der Waals surface area contributed by atoms with Gasteiger partial charge in [0.05, 0.1) is 23.0 Å². The molecule has 3 aliphatic rings. The van der Waals surface area contributed by atoms with Crippen LogP contribution in [0.2, 0.25) is 0 Å². The number of ether oxygens (including phenoxy) is 1. The molecule has 57 heavy (non-hydrogen) atoms. The van der Waals surface area contributed by atoms with E-state index in [0.29, 0.717) is 41.1 Å². The zero-order chi connectivity index (χ0) is 40.6. The number of benzene rings is 2. The molecule has 2 aromatic heterocycles. The molecule has 4 aromatic rings. The number of nitrogens with zero attached hydrogens (tertiary/aromatic N) is 3. The summed E-state index contributed by atoms with van der Waals surface area (Å²) in [6.45, 7) is 4.64. The van der Waals surface area contributed by atoms with Crippen LogP contribution >= 0.6 is 0 Å². The van der Waals surface area contributed by atoms with Crippen molar-refractivity contribution in [2.24, 2.45) is 5.92 Å². The standard InChI is InChI=1S/C40H44F2N6O8S/c1-4-23(3)57(53,54)47-39(52)40-20-24(40)10-8-6-5-7-9-11-31(43-36(50)34-16-22(2)46-56-34)38(51)48-21-27(19-33(48)35(49)45-40)55-37-29-15-13-25(41)17-30(29)28-14-12-26(42)18-32(28)44-37/h8,10,12-18,23-24,27,31,33H,4-7,9,11,19-21H2,1-3H3,(H,43,50)(H,45,49)(H,47,52)/b10-8-/t23?,24-,27-,31+,33+,40-/m1/s1. The topological polar surface area (TPSA) is 190 Å². The number of carbonyl (C=O) groups is 4. The molecule has 4 heterocycles. The summed E-state index contributed by atoms with van der Waals surface area (Å²) in [5, 5.41) is 9.78. The molecular formula is C40H44F2N6O8S. The number of aromatic nitrogens is 2. The smallest absolute Gasteiger partial charge is 0.290 e. The Morgan fingerprint density at radius 1 is 1.07 bits per heavy atom. The first-order valence-corrected chi connectivity index (χ1v) is 20.7. The molecule has 1 unspecified atom stereocenters. The van der Waals surface area contributed by atoms with Crippen molar-refractivity contribution in [2.45, 2.75) is 101 Å². The van der Waals surface area contributed by atoms with E-state index in [2.05, 4.69) is 25.5 Å². The molecule has 0 radical (unpaired) electrons. The first-order valence-electron chi connectivity index (χ1n) is 19.1. The zero-order valence-corrected chi connectivity index (χ0v) is 32.5. The summed E-state index contributed by atoms with van der Waals surface area (Å²) in [5.74, 6) is -4.56. The van der Waals surface area contributed by atoms with Crippen LogP contribution in [-0.4, -0.2) is 82.6 Å². The molecule has 302 valence electrons. The van der Waals surface area contributed by atoms with E-state index in [4.69, 9.17) is 9.26 Å². The summed E-state index contributed by atoms with van der Waals surface area (Å²) in [5.41, 5.74) is -0.945. The van der Waals surface area contributed by atoms with Gasteiger partial charge in [-0.25, -0.2) is 22.2 Å². The minimum atomic E-state index is -4.07. The van der Waals surface area contributed by atoms with Crippen molar-refractivity contribution >= 4 is 55.3 Å². The number of sulfonamides is 1. The van der Waals surface area contributed by atoms with Crippen LogP contribution in [0, 0.1) is 24.5 Å². The Morgan fingerprint density at radius 3 is 2.56 bits per heavy atom. The normalized spacial score (nSPS) is 25.4. The van der Waals surface area contributed by atoms with Crippen LogP contribution < -0.4 is 20.1 Å². The molecule has 4 amide bonds. The van der Waals surface area contributed by atoms with Crippen molar-refractivity contribution < 1.29 is 45.6 Å². The summed E-state index contributed by atoms with van der Waals surface area (Å²) >= 11 is 0. The van der Waals surface area contributed by atoms with Crippen molar-refractivity contribution in [3.63, 3.8) is 0 Å². The number of amides is 4. The maximum Gasteiger partial charge on any atom is 0.290 e. The molecule has 14 nitrogen and oxygen atoms in total. The monoisotopic (exact) mass is 806 g/mol. The SMILES string of the molecule is CCC(C)S(=O)(=O)NC(=O)[C@@]12C[C@H]1/C=C\CCCCC[C@H](NC(=O)c1cc(C)no1)C(=O)N1C[C@H](Oc3nc4cc(F)ccc4c4cc(F)ccc34)C[C@H]1C(=O)N2. The molecule has 1 saturated carbocycles. The van der Waals surface area contributed by atoms with Gasteiger partial charge < -0.3 is 24.8 Å². The fraction of sp³-hybridized carbons (Fsp3) is 0.450. The molecule has 17 heteroatoms. The van der Waals surface area contributed by atoms with Crippen LogP contribution in [0.5, 0.6) is 5.88 Å². The number of nitrogens with one attached hydrogen (secondary N) is 3. The highest BCUT2D eigenvalue weighted by atomic mass is 32.2. The molecule has 1 saturated heterocycles. The van der Waals surface area contributed by atoms with Crippen LogP contribution in [0.1, 0.15) is 81.5 Å². The molecule has 7 rings (SSSR count). The summed E-state index contributed by atoms with van der Waals surface area (Å²) in [6, 6.07) is 7.02. The largest absolute Gasteiger partial charge is 0.472 e. The zero-order valence-electron chi connectivity index (χ0n) is 31.7. The molecule has 1 aliphatic carbocycles. The first kappa shape index (κ1) is 39.8. The van der Waals surface area contributed by atoms with Crippen molar-refractivity contribution in [3.05, 3.63) is 77.7 Å². The molecule has 0 bridgehead atoms. The Morgan fingerprint density at radius 2 is 1.82 bits per heavy atom. The van der Waals surface area contributed by atoms with Crippen molar-refractivity contribution in [3.8, 4) is 5.88 Å². The number of carbonyl (C=O) groups excluding carboxylic acids is 4. The second-order valence-corrected chi connectivity index (χ2v) is 17.2. The Kier molecular flexibility index (Phi) is 11.0. The lowest BCUT2D eigenvalue weighted by Crippen LogP contribution is -2.58. The maximum atomic E-state index is 14.6. The number of hydrogen-bond donors (Lipinski definition) is 3. The average molecular weight is 807 g/mol. The minimum absolute atomic E-state index is 0.0210. The third-order valence-electron chi connectivity index (χ3n) is 11.1. The van der Waals surface area contributed by atoms with Crippen LogP contribution in [-0.2, 0) is 24.4 Å². The second kappa shape index (κ2) is 15.8. The van der Waals surface area contributed by atoms with E-state index in [0.717, 1.165) is 6.42 Å².